The van der Waals surface area contributed by atoms with Gasteiger partial charge in [0.25, 0.3) is 11.8 Å². The van der Waals surface area contributed by atoms with Crippen molar-refractivity contribution in [3.05, 3.63) is 52.8 Å². The highest BCUT2D eigenvalue weighted by Gasteiger charge is 2.69. The molecule has 3 fully saturated rings. The molecule has 3 aliphatic carbocycles. The maximum atomic E-state index is 12.1. The molecule has 9 heteroatoms. The molecular formula is C20H19Cl2N3O4. The van der Waals surface area contributed by atoms with Gasteiger partial charge in [-0.05, 0) is 55.7 Å². The smallest absolute Gasteiger partial charge is 0.258 e. The summed E-state index contributed by atoms with van der Waals surface area (Å²) in [6, 6.07) is 10.1. The molecule has 0 aliphatic heterocycles. The second-order valence-corrected chi connectivity index (χ2v) is 8.36. The number of carbonyl (C=O) groups excluding carboxylic acids is 2. The lowest BCUT2D eigenvalue weighted by Gasteiger charge is -2.70. The van der Waals surface area contributed by atoms with Gasteiger partial charge in [0.2, 0.25) is 0 Å². The summed E-state index contributed by atoms with van der Waals surface area (Å²) < 4.78 is 10.9. The summed E-state index contributed by atoms with van der Waals surface area (Å²) >= 11 is 11.5. The zero-order valence-electron chi connectivity index (χ0n) is 15.4. The average molecular weight is 436 g/mol. The van der Waals surface area contributed by atoms with Crippen LogP contribution >= 0.6 is 23.2 Å². The van der Waals surface area contributed by atoms with Crippen LogP contribution in [0.2, 0.25) is 10.2 Å². The van der Waals surface area contributed by atoms with Crippen LogP contribution in [-0.2, 0) is 9.59 Å². The van der Waals surface area contributed by atoms with E-state index in [9.17, 15) is 9.59 Å². The van der Waals surface area contributed by atoms with Gasteiger partial charge in [-0.25, -0.2) is 4.98 Å². The minimum atomic E-state index is -0.247. The molecule has 0 unspecified atom stereocenters. The van der Waals surface area contributed by atoms with Crippen molar-refractivity contribution < 1.29 is 19.1 Å². The van der Waals surface area contributed by atoms with Gasteiger partial charge < -0.3 is 20.1 Å². The number of benzene rings is 1. The molecule has 7 nitrogen and oxygen atoms in total. The van der Waals surface area contributed by atoms with E-state index in [1.165, 1.54) is 6.20 Å². The number of hydrogen-bond acceptors (Lipinski definition) is 5. The normalized spacial score (nSPS) is 23.9. The summed E-state index contributed by atoms with van der Waals surface area (Å²) in [5.74, 6) is 0.678. The lowest BCUT2D eigenvalue weighted by atomic mass is 9.44. The first-order valence-electron chi connectivity index (χ1n) is 9.10. The molecule has 2 amide bonds. The summed E-state index contributed by atoms with van der Waals surface area (Å²) in [5, 5.41) is 6.98. The summed E-state index contributed by atoms with van der Waals surface area (Å²) in [5.41, 5.74) is -0.488. The summed E-state index contributed by atoms with van der Waals surface area (Å²) in [7, 11) is 0. The second-order valence-electron chi connectivity index (χ2n) is 7.54. The molecule has 1 aromatic heterocycles. The number of ether oxygens (including phenoxy) is 2. The molecule has 0 saturated heterocycles. The SMILES string of the molecule is O=C(COc1ccc(Cl)cc1)NC12CC(NC(=O)COc3ccc(Cl)nc3)(C1)C2. The standard InChI is InChI=1S/C20H19Cl2N3O4/c21-13-1-3-14(4-2-13)28-8-17(26)24-19-10-20(11-19,12-19)25-18(27)9-29-15-5-6-16(22)23-7-15/h1-7H,8-12H2,(H,24,26)(H,25,27). The van der Waals surface area contributed by atoms with Crippen molar-refractivity contribution in [1.29, 1.82) is 0 Å². The number of nitrogens with one attached hydrogen (secondary N) is 2. The Balaban J connectivity index is 1.16. The van der Waals surface area contributed by atoms with E-state index in [0.717, 1.165) is 0 Å². The highest BCUT2D eigenvalue weighted by atomic mass is 35.5. The Hall–Kier alpha value is -2.51. The van der Waals surface area contributed by atoms with Crippen LogP contribution in [0.1, 0.15) is 19.3 Å². The molecule has 0 radical (unpaired) electrons. The van der Waals surface area contributed by atoms with Crippen LogP contribution in [0.25, 0.3) is 0 Å². The van der Waals surface area contributed by atoms with E-state index < -0.39 is 0 Å². The minimum absolute atomic E-state index is 0.0638. The van der Waals surface area contributed by atoms with Crippen LogP contribution in [0.15, 0.2) is 42.6 Å². The Labute approximate surface area is 177 Å². The summed E-state index contributed by atoms with van der Waals surface area (Å²) in [4.78, 5) is 28.2. The summed E-state index contributed by atoms with van der Waals surface area (Å²) in [6.45, 7) is -0.162. The van der Waals surface area contributed by atoms with Crippen LogP contribution in [-0.4, -0.2) is 41.1 Å². The topological polar surface area (TPSA) is 89.6 Å². The fourth-order valence-electron chi connectivity index (χ4n) is 3.99. The van der Waals surface area contributed by atoms with Crippen LogP contribution in [0.5, 0.6) is 11.5 Å². The Morgan fingerprint density at radius 2 is 1.38 bits per heavy atom. The first-order valence-corrected chi connectivity index (χ1v) is 9.86. The highest BCUT2D eigenvalue weighted by Crippen LogP contribution is 2.60. The predicted molar refractivity (Wildman–Crippen MR) is 107 cm³/mol. The largest absolute Gasteiger partial charge is 0.484 e. The van der Waals surface area contributed by atoms with Crippen molar-refractivity contribution in [2.45, 2.75) is 30.3 Å². The third kappa shape index (κ3) is 4.57. The van der Waals surface area contributed by atoms with Gasteiger partial charge in [-0.3, -0.25) is 9.59 Å². The molecule has 29 heavy (non-hydrogen) atoms. The second kappa shape index (κ2) is 7.72. The van der Waals surface area contributed by atoms with Crippen LogP contribution < -0.4 is 20.1 Å². The Morgan fingerprint density at radius 1 is 0.862 bits per heavy atom. The number of halogens is 2. The Bertz CT molecular complexity index is 825. The molecule has 3 saturated carbocycles. The molecule has 152 valence electrons. The van der Waals surface area contributed by atoms with Crippen molar-refractivity contribution in [3.8, 4) is 11.5 Å². The maximum Gasteiger partial charge on any atom is 0.258 e. The monoisotopic (exact) mass is 435 g/mol. The number of aromatic nitrogens is 1. The van der Waals surface area contributed by atoms with Crippen molar-refractivity contribution >= 4 is 35.0 Å². The van der Waals surface area contributed by atoms with Crippen molar-refractivity contribution in [3.63, 3.8) is 0 Å². The molecule has 5 rings (SSSR count). The first kappa shape index (κ1) is 19.8. The number of amides is 2. The lowest BCUT2D eigenvalue weighted by Crippen LogP contribution is -2.84. The minimum Gasteiger partial charge on any atom is -0.484 e. The van der Waals surface area contributed by atoms with E-state index in [1.54, 1.807) is 36.4 Å². The zero-order chi connectivity index (χ0) is 20.5. The average Bonchev–Trinajstić information content (AvgIpc) is 2.64. The molecule has 1 heterocycles. The molecule has 3 aliphatic rings. The van der Waals surface area contributed by atoms with Gasteiger partial charge in [-0.15, -0.1) is 0 Å². The van der Waals surface area contributed by atoms with Gasteiger partial charge >= 0.3 is 0 Å². The van der Waals surface area contributed by atoms with Crippen LogP contribution in [0.4, 0.5) is 0 Å². The fourth-order valence-corrected chi connectivity index (χ4v) is 4.23. The molecular weight excluding hydrogens is 417 g/mol. The quantitative estimate of drug-likeness (QED) is 0.622. The van der Waals surface area contributed by atoms with E-state index >= 15 is 0 Å². The van der Waals surface area contributed by atoms with E-state index in [-0.39, 0.29) is 36.1 Å². The summed E-state index contributed by atoms with van der Waals surface area (Å²) in [6.07, 6.45) is 3.59. The number of nitrogens with zero attached hydrogens (tertiary/aromatic N) is 1. The van der Waals surface area contributed by atoms with E-state index in [1.807, 2.05) is 0 Å². The third-order valence-corrected chi connectivity index (χ3v) is 5.57. The van der Waals surface area contributed by atoms with Crippen molar-refractivity contribution in [1.82, 2.24) is 15.6 Å². The number of hydrogen-bond donors (Lipinski definition) is 2. The lowest BCUT2D eigenvalue weighted by molar-refractivity contribution is -0.151. The highest BCUT2D eigenvalue weighted by molar-refractivity contribution is 6.30. The van der Waals surface area contributed by atoms with Gasteiger partial charge in [0.15, 0.2) is 13.2 Å². The number of rotatable bonds is 8. The van der Waals surface area contributed by atoms with Crippen molar-refractivity contribution in [2.75, 3.05) is 13.2 Å². The Morgan fingerprint density at radius 3 is 1.90 bits per heavy atom. The van der Waals surface area contributed by atoms with Crippen LogP contribution in [0, 0.1) is 0 Å². The van der Waals surface area contributed by atoms with Crippen molar-refractivity contribution in [2.24, 2.45) is 0 Å². The molecule has 2 aromatic rings. The van der Waals surface area contributed by atoms with E-state index in [0.29, 0.717) is 40.9 Å². The molecule has 2 N–H and O–H groups in total. The zero-order valence-corrected chi connectivity index (χ0v) is 16.9. The van der Waals surface area contributed by atoms with Gasteiger partial charge in [0, 0.05) is 16.1 Å². The molecule has 0 atom stereocenters. The fraction of sp³-hybridized carbons (Fsp3) is 0.350. The number of carbonyl (C=O) groups is 2. The van der Waals surface area contributed by atoms with Gasteiger partial charge in [-0.2, -0.15) is 0 Å². The van der Waals surface area contributed by atoms with Gasteiger partial charge in [0.05, 0.1) is 6.20 Å². The molecule has 1 aromatic carbocycles. The molecule has 0 spiro atoms. The maximum absolute atomic E-state index is 12.1. The van der Waals surface area contributed by atoms with Gasteiger partial charge in [-0.1, -0.05) is 23.2 Å². The van der Waals surface area contributed by atoms with E-state index in [2.05, 4.69) is 15.6 Å². The van der Waals surface area contributed by atoms with Gasteiger partial charge in [0.1, 0.15) is 16.7 Å². The Kier molecular flexibility index (Phi) is 5.27. The first-order chi connectivity index (χ1) is 13.9. The number of pyridine rings is 1. The van der Waals surface area contributed by atoms with E-state index in [4.69, 9.17) is 32.7 Å². The molecule has 2 bridgehead atoms. The predicted octanol–water partition coefficient (Wildman–Crippen LogP) is 2.75. The third-order valence-electron chi connectivity index (χ3n) is 5.09. The van der Waals surface area contributed by atoms with Crippen LogP contribution in [0.3, 0.4) is 0 Å².